The molecule has 0 saturated carbocycles. The molecule has 0 heterocycles. The molecular formula is C14H11BrN2O4. The van der Waals surface area contributed by atoms with E-state index in [2.05, 4.69) is 15.9 Å². The molecule has 0 radical (unpaired) electrons. The van der Waals surface area contributed by atoms with Crippen molar-refractivity contribution in [2.75, 3.05) is 0 Å². The van der Waals surface area contributed by atoms with E-state index in [9.17, 15) is 14.9 Å². The largest absolute Gasteiger partial charge is 0.489 e. The molecule has 0 aliphatic carbocycles. The standard InChI is InChI=1S/C14H11BrN2O4/c15-10-3-1-9(2-4-10)8-21-11-5-6-13(17(19)20)12(7-11)14(16)18/h1-7H,8H2,(H2,16,18). The molecule has 2 N–H and O–H groups in total. The van der Waals surface area contributed by atoms with Gasteiger partial charge in [0.15, 0.2) is 0 Å². The first-order chi connectivity index (χ1) is 9.97. The number of ether oxygens (including phenoxy) is 1. The Kier molecular flexibility index (Phi) is 4.54. The van der Waals surface area contributed by atoms with Crippen LogP contribution in [0.3, 0.4) is 0 Å². The molecule has 0 saturated heterocycles. The minimum atomic E-state index is -0.865. The second-order valence-electron chi connectivity index (χ2n) is 4.22. The highest BCUT2D eigenvalue weighted by molar-refractivity contribution is 9.10. The van der Waals surface area contributed by atoms with E-state index in [-0.39, 0.29) is 17.9 Å². The molecule has 108 valence electrons. The second-order valence-corrected chi connectivity index (χ2v) is 5.13. The van der Waals surface area contributed by atoms with Crippen LogP contribution in [-0.4, -0.2) is 10.8 Å². The fourth-order valence-corrected chi connectivity index (χ4v) is 1.97. The highest BCUT2D eigenvalue weighted by atomic mass is 79.9. The van der Waals surface area contributed by atoms with Crippen molar-refractivity contribution in [2.24, 2.45) is 5.73 Å². The molecular weight excluding hydrogens is 340 g/mol. The van der Waals surface area contributed by atoms with E-state index in [0.717, 1.165) is 10.0 Å². The van der Waals surface area contributed by atoms with Crippen LogP contribution in [0, 0.1) is 10.1 Å². The van der Waals surface area contributed by atoms with Crippen LogP contribution >= 0.6 is 15.9 Å². The number of carbonyl (C=O) groups is 1. The Hall–Kier alpha value is -2.41. The number of hydrogen-bond acceptors (Lipinski definition) is 4. The van der Waals surface area contributed by atoms with Gasteiger partial charge in [0.1, 0.15) is 17.9 Å². The molecule has 2 rings (SSSR count). The van der Waals surface area contributed by atoms with Gasteiger partial charge in [-0.2, -0.15) is 0 Å². The van der Waals surface area contributed by atoms with Gasteiger partial charge in [-0.15, -0.1) is 0 Å². The summed E-state index contributed by atoms with van der Waals surface area (Å²) in [6.45, 7) is 0.281. The highest BCUT2D eigenvalue weighted by Gasteiger charge is 2.18. The van der Waals surface area contributed by atoms with E-state index in [4.69, 9.17) is 10.5 Å². The zero-order valence-electron chi connectivity index (χ0n) is 10.8. The molecule has 21 heavy (non-hydrogen) atoms. The van der Waals surface area contributed by atoms with E-state index in [1.807, 2.05) is 24.3 Å². The predicted octanol–water partition coefficient (Wildman–Crippen LogP) is 3.04. The lowest BCUT2D eigenvalue weighted by atomic mass is 10.1. The highest BCUT2D eigenvalue weighted by Crippen LogP contribution is 2.24. The Morgan fingerprint density at radius 3 is 2.48 bits per heavy atom. The van der Waals surface area contributed by atoms with Crippen LogP contribution in [0.4, 0.5) is 5.69 Å². The molecule has 0 spiro atoms. The van der Waals surface area contributed by atoms with Crippen LogP contribution in [0.25, 0.3) is 0 Å². The van der Waals surface area contributed by atoms with Crippen molar-refractivity contribution in [3.05, 3.63) is 68.2 Å². The predicted molar refractivity (Wildman–Crippen MR) is 80.1 cm³/mol. The lowest BCUT2D eigenvalue weighted by Gasteiger charge is -2.07. The summed E-state index contributed by atoms with van der Waals surface area (Å²) in [6.07, 6.45) is 0. The van der Waals surface area contributed by atoms with Crippen molar-refractivity contribution in [3.63, 3.8) is 0 Å². The second kappa shape index (κ2) is 6.36. The van der Waals surface area contributed by atoms with Crippen molar-refractivity contribution in [1.29, 1.82) is 0 Å². The van der Waals surface area contributed by atoms with Crippen molar-refractivity contribution in [1.82, 2.24) is 0 Å². The number of rotatable bonds is 5. The summed E-state index contributed by atoms with van der Waals surface area (Å²) in [5.74, 6) is -0.520. The van der Waals surface area contributed by atoms with Crippen LogP contribution < -0.4 is 10.5 Å². The first-order valence-electron chi connectivity index (χ1n) is 5.93. The molecule has 1 amide bonds. The van der Waals surface area contributed by atoms with Gasteiger partial charge >= 0.3 is 0 Å². The Morgan fingerprint density at radius 1 is 1.24 bits per heavy atom. The maximum atomic E-state index is 11.2. The first kappa shape index (κ1) is 15.0. The maximum Gasteiger partial charge on any atom is 0.282 e. The number of nitro benzene ring substituents is 1. The molecule has 6 nitrogen and oxygen atoms in total. The molecule has 0 aliphatic rings. The van der Waals surface area contributed by atoms with Gasteiger partial charge in [0.05, 0.1) is 4.92 Å². The third-order valence-electron chi connectivity index (χ3n) is 2.75. The zero-order chi connectivity index (χ0) is 15.4. The van der Waals surface area contributed by atoms with E-state index in [1.165, 1.54) is 18.2 Å². The topological polar surface area (TPSA) is 95.5 Å². The molecule has 2 aromatic rings. The summed E-state index contributed by atoms with van der Waals surface area (Å²) < 4.78 is 6.47. The molecule has 2 aromatic carbocycles. The quantitative estimate of drug-likeness (QED) is 0.662. The number of amides is 1. The van der Waals surface area contributed by atoms with E-state index in [1.54, 1.807) is 0 Å². The summed E-state index contributed by atoms with van der Waals surface area (Å²) >= 11 is 3.33. The van der Waals surface area contributed by atoms with Gasteiger partial charge in [0.25, 0.3) is 11.6 Å². The van der Waals surface area contributed by atoms with Crippen LogP contribution in [-0.2, 0) is 6.61 Å². The molecule has 0 unspecified atom stereocenters. The third-order valence-corrected chi connectivity index (χ3v) is 3.28. The molecule has 0 atom stereocenters. The van der Waals surface area contributed by atoms with Crippen molar-refractivity contribution in [3.8, 4) is 5.75 Å². The van der Waals surface area contributed by atoms with Gasteiger partial charge in [-0.25, -0.2) is 0 Å². The van der Waals surface area contributed by atoms with Gasteiger partial charge in [-0.1, -0.05) is 28.1 Å². The van der Waals surface area contributed by atoms with E-state index >= 15 is 0 Å². The number of primary amides is 1. The molecule has 0 fully saturated rings. The number of halogens is 1. The van der Waals surface area contributed by atoms with Crippen molar-refractivity contribution >= 4 is 27.5 Å². The summed E-state index contributed by atoms with van der Waals surface area (Å²) in [5.41, 5.74) is 5.56. The summed E-state index contributed by atoms with van der Waals surface area (Å²) in [4.78, 5) is 21.4. The number of hydrogen-bond donors (Lipinski definition) is 1. The minimum Gasteiger partial charge on any atom is -0.489 e. The van der Waals surface area contributed by atoms with Gasteiger partial charge in [0, 0.05) is 10.5 Å². The van der Waals surface area contributed by atoms with Gasteiger partial charge in [0.2, 0.25) is 0 Å². The number of carbonyl (C=O) groups excluding carboxylic acids is 1. The van der Waals surface area contributed by atoms with Crippen LogP contribution in [0.1, 0.15) is 15.9 Å². The van der Waals surface area contributed by atoms with E-state index in [0.29, 0.717) is 5.75 Å². The Balaban J connectivity index is 2.17. The van der Waals surface area contributed by atoms with E-state index < -0.39 is 10.8 Å². The first-order valence-corrected chi connectivity index (χ1v) is 6.72. The van der Waals surface area contributed by atoms with Crippen molar-refractivity contribution in [2.45, 2.75) is 6.61 Å². The zero-order valence-corrected chi connectivity index (χ0v) is 12.4. The lowest BCUT2D eigenvalue weighted by molar-refractivity contribution is -0.385. The fourth-order valence-electron chi connectivity index (χ4n) is 1.71. The molecule has 7 heteroatoms. The fraction of sp³-hybridized carbons (Fsp3) is 0.0714. The van der Waals surface area contributed by atoms with Gasteiger partial charge in [-0.3, -0.25) is 14.9 Å². The summed E-state index contributed by atoms with van der Waals surface area (Å²) in [7, 11) is 0. The minimum absolute atomic E-state index is 0.173. The number of nitrogens with zero attached hydrogens (tertiary/aromatic N) is 1. The summed E-state index contributed by atoms with van der Waals surface area (Å²) in [5, 5.41) is 10.8. The Labute approximate surface area is 128 Å². The van der Waals surface area contributed by atoms with Crippen LogP contribution in [0.5, 0.6) is 5.75 Å². The molecule has 0 aliphatic heterocycles. The molecule has 0 aromatic heterocycles. The van der Waals surface area contributed by atoms with Crippen LogP contribution in [0.15, 0.2) is 46.9 Å². The Bertz CT molecular complexity index is 686. The lowest BCUT2D eigenvalue weighted by Crippen LogP contribution is -2.13. The maximum absolute atomic E-state index is 11.2. The molecule has 0 bridgehead atoms. The average molecular weight is 351 g/mol. The smallest absolute Gasteiger partial charge is 0.282 e. The van der Waals surface area contributed by atoms with Gasteiger partial charge < -0.3 is 10.5 Å². The monoisotopic (exact) mass is 350 g/mol. The SMILES string of the molecule is NC(=O)c1cc(OCc2ccc(Br)cc2)ccc1[N+](=O)[O-]. The normalized spacial score (nSPS) is 10.1. The van der Waals surface area contributed by atoms with Gasteiger partial charge in [-0.05, 0) is 29.8 Å². The number of nitrogens with two attached hydrogens (primary N) is 1. The number of benzene rings is 2. The Morgan fingerprint density at radius 2 is 1.90 bits per heavy atom. The average Bonchev–Trinajstić information content (AvgIpc) is 2.46. The summed E-state index contributed by atoms with van der Waals surface area (Å²) in [6, 6.07) is 11.4. The number of nitro groups is 1. The third kappa shape index (κ3) is 3.79. The van der Waals surface area contributed by atoms with Crippen molar-refractivity contribution < 1.29 is 14.5 Å². The van der Waals surface area contributed by atoms with Crippen LogP contribution in [0.2, 0.25) is 0 Å².